The Hall–Kier alpha value is -2.57. The van der Waals surface area contributed by atoms with Crippen LogP contribution < -0.4 is 4.74 Å². The van der Waals surface area contributed by atoms with Gasteiger partial charge in [0.2, 0.25) is 5.88 Å². The molecule has 2 heterocycles. The standard InChI is InChI=1S/C14H10F3N3O/c1-2-21-11-4-3-10-14(19-11)20-13(18-10)7-5-8(15)12(17)9(16)6-7/h3-6H,2H2,1H3,(H,18,19,20). The summed E-state index contributed by atoms with van der Waals surface area (Å²) in [6.07, 6.45) is 0. The number of halogens is 3. The summed E-state index contributed by atoms with van der Waals surface area (Å²) in [6.45, 7) is 2.29. The molecular weight excluding hydrogens is 283 g/mol. The summed E-state index contributed by atoms with van der Waals surface area (Å²) in [5, 5.41) is 0. The lowest BCUT2D eigenvalue weighted by molar-refractivity contribution is 0.328. The molecule has 1 aromatic carbocycles. The molecule has 0 radical (unpaired) electrons. The average Bonchev–Trinajstić information content (AvgIpc) is 2.87. The van der Waals surface area contributed by atoms with E-state index in [-0.39, 0.29) is 11.4 Å². The lowest BCUT2D eigenvalue weighted by atomic mass is 10.2. The van der Waals surface area contributed by atoms with E-state index in [1.54, 1.807) is 12.1 Å². The van der Waals surface area contributed by atoms with Gasteiger partial charge in [0.1, 0.15) is 5.82 Å². The molecule has 108 valence electrons. The summed E-state index contributed by atoms with van der Waals surface area (Å²) >= 11 is 0. The van der Waals surface area contributed by atoms with Crippen molar-refractivity contribution in [3.05, 3.63) is 41.7 Å². The van der Waals surface area contributed by atoms with E-state index in [1.807, 2.05) is 6.92 Å². The van der Waals surface area contributed by atoms with Crippen LogP contribution in [0, 0.1) is 17.5 Å². The van der Waals surface area contributed by atoms with Crippen LogP contribution in [0.5, 0.6) is 5.88 Å². The highest BCUT2D eigenvalue weighted by Gasteiger charge is 2.14. The van der Waals surface area contributed by atoms with Crippen molar-refractivity contribution in [1.29, 1.82) is 0 Å². The molecule has 2 aromatic heterocycles. The smallest absolute Gasteiger partial charge is 0.215 e. The van der Waals surface area contributed by atoms with E-state index in [4.69, 9.17) is 4.74 Å². The number of ether oxygens (including phenoxy) is 1. The number of hydrogen-bond acceptors (Lipinski definition) is 3. The van der Waals surface area contributed by atoms with Crippen LogP contribution in [0.15, 0.2) is 24.3 Å². The van der Waals surface area contributed by atoms with Gasteiger partial charge in [0.15, 0.2) is 23.1 Å². The Balaban J connectivity index is 2.08. The third-order valence-corrected chi connectivity index (χ3v) is 2.87. The van der Waals surface area contributed by atoms with Gasteiger partial charge in [0.05, 0.1) is 12.1 Å². The van der Waals surface area contributed by atoms with E-state index in [0.717, 1.165) is 12.1 Å². The first kappa shape index (κ1) is 13.4. The summed E-state index contributed by atoms with van der Waals surface area (Å²) in [4.78, 5) is 11.2. The SMILES string of the molecule is CCOc1ccc2[nH]c(-c3cc(F)c(F)c(F)c3)nc2n1. The van der Waals surface area contributed by atoms with Crippen molar-refractivity contribution < 1.29 is 17.9 Å². The number of rotatable bonds is 3. The Bertz CT molecular complexity index is 793. The quantitative estimate of drug-likeness (QED) is 0.753. The first-order valence-electron chi connectivity index (χ1n) is 6.23. The van der Waals surface area contributed by atoms with Crippen LogP contribution in [0.2, 0.25) is 0 Å². The zero-order chi connectivity index (χ0) is 15.0. The van der Waals surface area contributed by atoms with Gasteiger partial charge in [-0.15, -0.1) is 0 Å². The Morgan fingerprint density at radius 1 is 1.10 bits per heavy atom. The Labute approximate surface area is 117 Å². The summed E-state index contributed by atoms with van der Waals surface area (Å²) < 4.78 is 44.7. The second kappa shape index (κ2) is 5.08. The third-order valence-electron chi connectivity index (χ3n) is 2.87. The molecule has 0 saturated heterocycles. The molecule has 0 unspecified atom stereocenters. The predicted molar refractivity (Wildman–Crippen MR) is 70.4 cm³/mol. The normalized spacial score (nSPS) is 11.0. The van der Waals surface area contributed by atoms with Gasteiger partial charge in [0, 0.05) is 11.6 Å². The molecule has 0 amide bonds. The largest absolute Gasteiger partial charge is 0.478 e. The Morgan fingerprint density at radius 2 is 1.81 bits per heavy atom. The van der Waals surface area contributed by atoms with Gasteiger partial charge in [-0.3, -0.25) is 0 Å². The number of benzene rings is 1. The van der Waals surface area contributed by atoms with E-state index < -0.39 is 17.5 Å². The predicted octanol–water partition coefficient (Wildman–Crippen LogP) is 3.44. The highest BCUT2D eigenvalue weighted by molar-refractivity contribution is 5.76. The monoisotopic (exact) mass is 293 g/mol. The van der Waals surface area contributed by atoms with Crippen molar-refractivity contribution >= 4 is 11.2 Å². The minimum atomic E-state index is -1.51. The number of nitrogens with zero attached hydrogens (tertiary/aromatic N) is 2. The first-order valence-corrected chi connectivity index (χ1v) is 6.23. The third kappa shape index (κ3) is 2.42. The van der Waals surface area contributed by atoms with E-state index in [9.17, 15) is 13.2 Å². The van der Waals surface area contributed by atoms with Crippen LogP contribution in [-0.2, 0) is 0 Å². The highest BCUT2D eigenvalue weighted by Crippen LogP contribution is 2.24. The van der Waals surface area contributed by atoms with Crippen molar-refractivity contribution in [3.63, 3.8) is 0 Å². The van der Waals surface area contributed by atoms with Gasteiger partial charge in [0.25, 0.3) is 0 Å². The van der Waals surface area contributed by atoms with Crippen LogP contribution in [0.1, 0.15) is 6.92 Å². The second-order valence-corrected chi connectivity index (χ2v) is 4.29. The topological polar surface area (TPSA) is 50.8 Å². The van der Waals surface area contributed by atoms with Crippen molar-refractivity contribution in [3.8, 4) is 17.3 Å². The van der Waals surface area contributed by atoms with Crippen LogP contribution in [0.3, 0.4) is 0 Å². The molecule has 7 heteroatoms. The Morgan fingerprint density at radius 3 is 2.48 bits per heavy atom. The zero-order valence-electron chi connectivity index (χ0n) is 11.0. The molecule has 0 fully saturated rings. The molecule has 1 N–H and O–H groups in total. The number of pyridine rings is 1. The number of hydrogen-bond donors (Lipinski definition) is 1. The van der Waals surface area contributed by atoms with Crippen molar-refractivity contribution in [2.45, 2.75) is 6.92 Å². The first-order chi connectivity index (χ1) is 10.1. The molecule has 0 atom stereocenters. The fourth-order valence-corrected chi connectivity index (χ4v) is 1.93. The maximum Gasteiger partial charge on any atom is 0.215 e. The molecule has 0 saturated carbocycles. The second-order valence-electron chi connectivity index (χ2n) is 4.29. The maximum absolute atomic E-state index is 13.3. The van der Waals surface area contributed by atoms with Crippen molar-refractivity contribution in [2.75, 3.05) is 6.61 Å². The minimum Gasteiger partial charge on any atom is -0.478 e. The molecule has 4 nitrogen and oxygen atoms in total. The number of aromatic nitrogens is 3. The number of imidazole rings is 1. The molecule has 3 rings (SSSR count). The fourth-order valence-electron chi connectivity index (χ4n) is 1.93. The molecule has 0 bridgehead atoms. The van der Waals surface area contributed by atoms with Crippen LogP contribution in [0.25, 0.3) is 22.6 Å². The lowest BCUT2D eigenvalue weighted by Gasteiger charge is -1.99. The van der Waals surface area contributed by atoms with Gasteiger partial charge in [-0.25, -0.2) is 18.2 Å². The molecule has 3 aromatic rings. The number of H-pyrrole nitrogens is 1. The molecule has 0 aliphatic heterocycles. The highest BCUT2D eigenvalue weighted by atomic mass is 19.2. The summed E-state index contributed by atoms with van der Waals surface area (Å²) in [6, 6.07) is 5.10. The minimum absolute atomic E-state index is 0.0994. The summed E-state index contributed by atoms with van der Waals surface area (Å²) in [7, 11) is 0. The number of aromatic amines is 1. The maximum atomic E-state index is 13.3. The molecular formula is C14H10F3N3O. The van der Waals surface area contributed by atoms with Gasteiger partial charge in [-0.05, 0) is 25.1 Å². The van der Waals surface area contributed by atoms with E-state index >= 15 is 0 Å². The van der Waals surface area contributed by atoms with E-state index in [0.29, 0.717) is 23.7 Å². The Kier molecular flexibility index (Phi) is 3.25. The lowest BCUT2D eigenvalue weighted by Crippen LogP contribution is -1.93. The number of fused-ring (bicyclic) bond motifs is 1. The van der Waals surface area contributed by atoms with E-state index in [2.05, 4.69) is 15.0 Å². The van der Waals surface area contributed by atoms with Gasteiger partial charge in [-0.2, -0.15) is 4.98 Å². The van der Waals surface area contributed by atoms with Gasteiger partial charge < -0.3 is 9.72 Å². The van der Waals surface area contributed by atoms with Gasteiger partial charge in [-0.1, -0.05) is 0 Å². The van der Waals surface area contributed by atoms with Gasteiger partial charge >= 0.3 is 0 Å². The molecule has 21 heavy (non-hydrogen) atoms. The molecule has 0 aliphatic rings. The van der Waals surface area contributed by atoms with Crippen molar-refractivity contribution in [1.82, 2.24) is 15.0 Å². The van der Waals surface area contributed by atoms with E-state index in [1.165, 1.54) is 0 Å². The van der Waals surface area contributed by atoms with Crippen LogP contribution >= 0.6 is 0 Å². The molecule has 0 spiro atoms. The summed E-state index contributed by atoms with van der Waals surface area (Å²) in [5.41, 5.74) is 1.03. The average molecular weight is 293 g/mol. The van der Waals surface area contributed by atoms with Crippen LogP contribution in [-0.4, -0.2) is 21.6 Å². The molecule has 0 aliphatic carbocycles. The summed E-state index contributed by atoms with van der Waals surface area (Å²) in [5.74, 6) is -3.45. The fraction of sp³-hybridized carbons (Fsp3) is 0.143. The van der Waals surface area contributed by atoms with Crippen molar-refractivity contribution in [2.24, 2.45) is 0 Å². The zero-order valence-corrected chi connectivity index (χ0v) is 11.0. The number of nitrogens with one attached hydrogen (secondary N) is 1. The van der Waals surface area contributed by atoms with Crippen LogP contribution in [0.4, 0.5) is 13.2 Å².